The summed E-state index contributed by atoms with van der Waals surface area (Å²) in [5.74, 6) is 1.69. The predicted octanol–water partition coefficient (Wildman–Crippen LogP) is 4.14. The molecule has 2 aromatic carbocycles. The first kappa shape index (κ1) is 13.6. The van der Waals surface area contributed by atoms with Crippen LogP contribution < -0.4 is 10.1 Å². The minimum atomic E-state index is 0.757. The van der Waals surface area contributed by atoms with Gasteiger partial charge in [0.1, 0.15) is 11.5 Å². The van der Waals surface area contributed by atoms with Crippen LogP contribution in [-0.2, 0) is 6.54 Å². The molecule has 0 aliphatic rings. The normalized spacial score (nSPS) is 10.7. The molecule has 1 heterocycles. The third kappa shape index (κ3) is 3.20. The summed E-state index contributed by atoms with van der Waals surface area (Å²) in [6.45, 7) is 3.76. The van der Waals surface area contributed by atoms with Crippen LogP contribution in [0.15, 0.2) is 60.9 Å². The van der Waals surface area contributed by atoms with E-state index in [9.17, 15) is 0 Å². The number of rotatable bonds is 5. The molecule has 106 valence electrons. The van der Waals surface area contributed by atoms with Crippen molar-refractivity contribution in [3.63, 3.8) is 0 Å². The van der Waals surface area contributed by atoms with Crippen LogP contribution in [0.2, 0.25) is 0 Å². The number of fused-ring (bicyclic) bond motifs is 1. The SMILES string of the molecule is CCNCc1cnccc1Oc1ccc2ccccc2c1. The molecular weight excluding hydrogens is 260 g/mol. The molecule has 0 fully saturated rings. The summed E-state index contributed by atoms with van der Waals surface area (Å²) in [6, 6.07) is 16.3. The highest BCUT2D eigenvalue weighted by Gasteiger charge is 2.05. The Kier molecular flexibility index (Phi) is 4.12. The van der Waals surface area contributed by atoms with Crippen molar-refractivity contribution in [3.8, 4) is 11.5 Å². The first-order valence-electron chi connectivity index (χ1n) is 7.17. The molecule has 3 aromatic rings. The van der Waals surface area contributed by atoms with Crippen LogP contribution in [0, 0.1) is 0 Å². The van der Waals surface area contributed by atoms with Gasteiger partial charge in [-0.15, -0.1) is 0 Å². The predicted molar refractivity (Wildman–Crippen MR) is 85.6 cm³/mol. The van der Waals surface area contributed by atoms with E-state index in [0.29, 0.717) is 0 Å². The van der Waals surface area contributed by atoms with E-state index in [1.807, 2.05) is 30.5 Å². The fraction of sp³-hybridized carbons (Fsp3) is 0.167. The lowest BCUT2D eigenvalue weighted by molar-refractivity contribution is 0.473. The van der Waals surface area contributed by atoms with Crippen molar-refractivity contribution in [1.29, 1.82) is 0 Å². The van der Waals surface area contributed by atoms with E-state index in [1.165, 1.54) is 10.8 Å². The van der Waals surface area contributed by atoms with Crippen molar-refractivity contribution in [2.45, 2.75) is 13.5 Å². The zero-order chi connectivity index (χ0) is 14.5. The molecule has 3 heteroatoms. The molecule has 3 rings (SSSR count). The highest BCUT2D eigenvalue weighted by Crippen LogP contribution is 2.27. The minimum absolute atomic E-state index is 0.757. The molecule has 0 bridgehead atoms. The van der Waals surface area contributed by atoms with E-state index in [0.717, 1.165) is 30.2 Å². The molecule has 0 saturated heterocycles. The third-order valence-corrected chi connectivity index (χ3v) is 3.37. The van der Waals surface area contributed by atoms with Gasteiger partial charge in [-0.3, -0.25) is 4.98 Å². The summed E-state index contributed by atoms with van der Waals surface area (Å²) in [7, 11) is 0. The highest BCUT2D eigenvalue weighted by atomic mass is 16.5. The molecule has 1 aromatic heterocycles. The second-order valence-electron chi connectivity index (χ2n) is 4.87. The first-order valence-corrected chi connectivity index (χ1v) is 7.17. The molecule has 3 nitrogen and oxygen atoms in total. The lowest BCUT2D eigenvalue weighted by atomic mass is 10.1. The van der Waals surface area contributed by atoms with Crippen LogP contribution in [0.25, 0.3) is 10.8 Å². The zero-order valence-electron chi connectivity index (χ0n) is 12.0. The average molecular weight is 278 g/mol. The third-order valence-electron chi connectivity index (χ3n) is 3.37. The Hall–Kier alpha value is -2.39. The quantitative estimate of drug-likeness (QED) is 0.761. The van der Waals surface area contributed by atoms with Crippen LogP contribution in [0.1, 0.15) is 12.5 Å². The topological polar surface area (TPSA) is 34.2 Å². The molecule has 0 atom stereocenters. The average Bonchev–Trinajstić information content (AvgIpc) is 2.54. The van der Waals surface area contributed by atoms with Gasteiger partial charge in [-0.1, -0.05) is 37.3 Å². The number of ether oxygens (including phenoxy) is 1. The van der Waals surface area contributed by atoms with Crippen molar-refractivity contribution in [2.75, 3.05) is 6.54 Å². The molecule has 0 unspecified atom stereocenters. The maximum absolute atomic E-state index is 6.03. The molecule has 0 saturated carbocycles. The molecule has 1 N–H and O–H groups in total. The fourth-order valence-corrected chi connectivity index (χ4v) is 2.26. The summed E-state index contributed by atoms with van der Waals surface area (Å²) in [5.41, 5.74) is 1.06. The van der Waals surface area contributed by atoms with E-state index < -0.39 is 0 Å². The second-order valence-corrected chi connectivity index (χ2v) is 4.87. The van der Waals surface area contributed by atoms with Gasteiger partial charge in [-0.25, -0.2) is 0 Å². The standard InChI is InChI=1S/C18H18N2O/c1-2-19-12-16-13-20-10-9-18(16)21-17-8-7-14-5-3-4-6-15(14)11-17/h3-11,13,19H,2,12H2,1H3. The molecule has 0 aliphatic heterocycles. The van der Waals surface area contributed by atoms with Gasteiger partial charge in [-0.2, -0.15) is 0 Å². The number of hydrogen-bond acceptors (Lipinski definition) is 3. The summed E-state index contributed by atoms with van der Waals surface area (Å²) in [4.78, 5) is 4.17. The van der Waals surface area contributed by atoms with Gasteiger partial charge in [0.05, 0.1) is 0 Å². The van der Waals surface area contributed by atoms with Crippen molar-refractivity contribution in [1.82, 2.24) is 10.3 Å². The van der Waals surface area contributed by atoms with Crippen molar-refractivity contribution in [2.24, 2.45) is 0 Å². The van der Waals surface area contributed by atoms with Crippen molar-refractivity contribution >= 4 is 10.8 Å². The first-order chi connectivity index (χ1) is 10.4. The Balaban J connectivity index is 1.87. The van der Waals surface area contributed by atoms with Gasteiger partial charge < -0.3 is 10.1 Å². The van der Waals surface area contributed by atoms with Crippen LogP contribution in [0.5, 0.6) is 11.5 Å². The highest BCUT2D eigenvalue weighted by molar-refractivity contribution is 5.83. The molecule has 0 aliphatic carbocycles. The molecule has 0 amide bonds. The Bertz CT molecular complexity index is 740. The van der Waals surface area contributed by atoms with Gasteiger partial charge >= 0.3 is 0 Å². The Morgan fingerprint density at radius 1 is 1.05 bits per heavy atom. The fourth-order valence-electron chi connectivity index (χ4n) is 2.26. The number of nitrogens with one attached hydrogen (secondary N) is 1. The Morgan fingerprint density at radius 2 is 1.90 bits per heavy atom. The van der Waals surface area contributed by atoms with E-state index in [4.69, 9.17) is 4.74 Å². The number of pyridine rings is 1. The Labute approximate surface area is 124 Å². The minimum Gasteiger partial charge on any atom is -0.457 e. The van der Waals surface area contributed by atoms with Gasteiger partial charge in [0.15, 0.2) is 0 Å². The molecule has 0 radical (unpaired) electrons. The smallest absolute Gasteiger partial charge is 0.134 e. The summed E-state index contributed by atoms with van der Waals surface area (Å²) in [6.07, 6.45) is 3.60. The maximum atomic E-state index is 6.03. The van der Waals surface area contributed by atoms with Gasteiger partial charge in [0, 0.05) is 24.5 Å². The van der Waals surface area contributed by atoms with Crippen LogP contribution >= 0.6 is 0 Å². The van der Waals surface area contributed by atoms with Gasteiger partial charge in [0.25, 0.3) is 0 Å². The van der Waals surface area contributed by atoms with Crippen molar-refractivity contribution in [3.05, 3.63) is 66.5 Å². The number of benzene rings is 2. The largest absolute Gasteiger partial charge is 0.457 e. The Morgan fingerprint density at radius 3 is 2.76 bits per heavy atom. The number of hydrogen-bond donors (Lipinski definition) is 1. The second kappa shape index (κ2) is 6.37. The van der Waals surface area contributed by atoms with Crippen LogP contribution in [0.4, 0.5) is 0 Å². The van der Waals surface area contributed by atoms with Crippen molar-refractivity contribution < 1.29 is 4.74 Å². The van der Waals surface area contributed by atoms with Gasteiger partial charge in [0.2, 0.25) is 0 Å². The molecular formula is C18H18N2O. The van der Waals surface area contributed by atoms with E-state index >= 15 is 0 Å². The monoisotopic (exact) mass is 278 g/mol. The van der Waals surface area contributed by atoms with E-state index in [-0.39, 0.29) is 0 Å². The number of nitrogens with zero attached hydrogens (tertiary/aromatic N) is 1. The van der Waals surface area contributed by atoms with Gasteiger partial charge in [-0.05, 0) is 35.5 Å². The lowest BCUT2D eigenvalue weighted by Gasteiger charge is -2.11. The summed E-state index contributed by atoms with van der Waals surface area (Å²) in [5, 5.41) is 5.69. The summed E-state index contributed by atoms with van der Waals surface area (Å²) >= 11 is 0. The molecule has 0 spiro atoms. The maximum Gasteiger partial charge on any atom is 0.134 e. The summed E-state index contributed by atoms with van der Waals surface area (Å²) < 4.78 is 6.03. The van der Waals surface area contributed by atoms with Crippen LogP contribution in [-0.4, -0.2) is 11.5 Å². The molecule has 21 heavy (non-hydrogen) atoms. The van der Waals surface area contributed by atoms with E-state index in [2.05, 4.69) is 41.5 Å². The lowest BCUT2D eigenvalue weighted by Crippen LogP contribution is -2.12. The van der Waals surface area contributed by atoms with Crippen LogP contribution in [0.3, 0.4) is 0 Å². The van der Waals surface area contributed by atoms with E-state index in [1.54, 1.807) is 6.20 Å². The number of aromatic nitrogens is 1. The zero-order valence-corrected chi connectivity index (χ0v) is 12.0.